The molecular weight excluding hydrogens is 380 g/mol. The van der Waals surface area contributed by atoms with E-state index in [1.165, 1.54) is 0 Å². The lowest BCUT2D eigenvalue weighted by Crippen LogP contribution is -2.30. The van der Waals surface area contributed by atoms with Crippen LogP contribution in [0, 0.1) is 0 Å². The summed E-state index contributed by atoms with van der Waals surface area (Å²) in [5, 5.41) is 9.38. The van der Waals surface area contributed by atoms with Gasteiger partial charge < -0.3 is 5.11 Å². The number of hydrogen-bond donors (Lipinski definition) is 1. The van der Waals surface area contributed by atoms with Crippen molar-refractivity contribution in [1.82, 2.24) is 0 Å². The molecule has 1 rings (SSSR count). The first-order valence-corrected chi connectivity index (χ1v) is 6.46. The fourth-order valence-corrected chi connectivity index (χ4v) is 2.06. The zero-order valence-electron chi connectivity index (χ0n) is 7.01. The highest BCUT2D eigenvalue weighted by Crippen LogP contribution is 2.34. The number of carbonyl (C=O) groups is 1. The molecule has 0 aliphatic carbocycles. The summed E-state index contributed by atoms with van der Waals surface area (Å²) in [6.45, 7) is 0. The molecule has 0 saturated carbocycles. The van der Waals surface area contributed by atoms with Crippen molar-refractivity contribution in [3.8, 4) is 0 Å². The number of benzene rings is 1. The Kier molecular flexibility index (Phi) is 4.15. The molecule has 2 nitrogen and oxygen atoms in total. The van der Waals surface area contributed by atoms with Crippen LogP contribution in [-0.4, -0.2) is 16.4 Å². The van der Waals surface area contributed by atoms with Crippen molar-refractivity contribution in [1.29, 1.82) is 0 Å². The van der Waals surface area contributed by atoms with E-state index in [-0.39, 0.29) is 0 Å². The van der Waals surface area contributed by atoms with E-state index < -0.39 is 10.3 Å². The monoisotopic (exact) mass is 384 g/mol. The van der Waals surface area contributed by atoms with E-state index in [0.29, 0.717) is 10.9 Å². The minimum absolute atomic E-state index is 0.316. The highest BCUT2D eigenvalue weighted by Gasteiger charge is 2.36. The van der Waals surface area contributed by atoms with E-state index in [0.717, 1.165) is 4.47 Å². The summed E-state index contributed by atoms with van der Waals surface area (Å²) < 4.78 is -0.121. The first-order chi connectivity index (χ1) is 6.50. The lowest BCUT2D eigenvalue weighted by molar-refractivity contribution is -0.139. The van der Waals surface area contributed by atoms with Gasteiger partial charge in [-0.3, -0.25) is 4.79 Å². The van der Waals surface area contributed by atoms with Gasteiger partial charge in [-0.05, 0) is 17.7 Å². The molecule has 0 amide bonds. The summed E-state index contributed by atoms with van der Waals surface area (Å²) in [7, 11) is 0. The maximum absolute atomic E-state index is 11.0. The molecule has 0 aliphatic rings. The zero-order chi connectivity index (χ0) is 10.8. The Labute approximate surface area is 107 Å². The summed E-state index contributed by atoms with van der Waals surface area (Å²) in [5.74, 6) is -0.906. The van der Waals surface area contributed by atoms with Crippen LogP contribution in [0.2, 0.25) is 0 Å². The molecule has 1 aromatic rings. The van der Waals surface area contributed by atoms with Gasteiger partial charge in [-0.25, -0.2) is 0 Å². The number of halogens is 3. The maximum Gasteiger partial charge on any atom is 0.325 e. The summed E-state index contributed by atoms with van der Waals surface area (Å²) >= 11 is 9.70. The molecule has 14 heavy (non-hydrogen) atoms. The topological polar surface area (TPSA) is 37.3 Å². The van der Waals surface area contributed by atoms with Crippen molar-refractivity contribution < 1.29 is 9.90 Å². The standard InChI is InChI=1S/C9H7Br3O2/c10-5-9(12,8(13)14)6-1-3-7(11)4-2-6/h1-4H,5H2,(H,13,14)/t9-/m1/s1. The van der Waals surface area contributed by atoms with Crippen molar-refractivity contribution >= 4 is 53.8 Å². The van der Waals surface area contributed by atoms with E-state index in [2.05, 4.69) is 47.8 Å². The zero-order valence-corrected chi connectivity index (χ0v) is 11.8. The molecule has 1 N–H and O–H groups in total. The number of alkyl halides is 2. The molecule has 0 heterocycles. The summed E-state index contributed by atoms with van der Waals surface area (Å²) in [6, 6.07) is 7.18. The van der Waals surface area contributed by atoms with Crippen molar-refractivity contribution in [2.45, 2.75) is 4.32 Å². The van der Waals surface area contributed by atoms with Crippen LogP contribution in [0.15, 0.2) is 28.7 Å². The Morgan fingerprint density at radius 1 is 1.36 bits per heavy atom. The average molecular weight is 387 g/mol. The molecule has 0 radical (unpaired) electrons. The van der Waals surface area contributed by atoms with Crippen LogP contribution in [0.4, 0.5) is 0 Å². The minimum atomic E-state index is -1.05. The highest BCUT2D eigenvalue weighted by atomic mass is 79.9. The normalized spacial score (nSPS) is 14.8. The van der Waals surface area contributed by atoms with Crippen LogP contribution in [0.3, 0.4) is 0 Å². The number of carboxylic acid groups (broad SMARTS) is 1. The van der Waals surface area contributed by atoms with Gasteiger partial charge in [-0.15, -0.1) is 0 Å². The molecule has 1 atom stereocenters. The molecule has 5 heteroatoms. The second-order valence-corrected chi connectivity index (χ2v) is 5.58. The molecule has 0 bridgehead atoms. The Hall–Kier alpha value is 0.130. The number of rotatable bonds is 3. The van der Waals surface area contributed by atoms with Gasteiger partial charge in [-0.1, -0.05) is 59.9 Å². The van der Waals surface area contributed by atoms with Gasteiger partial charge in [0.25, 0.3) is 0 Å². The van der Waals surface area contributed by atoms with E-state index >= 15 is 0 Å². The molecule has 0 fully saturated rings. The van der Waals surface area contributed by atoms with Crippen molar-refractivity contribution in [3.63, 3.8) is 0 Å². The first kappa shape index (κ1) is 12.2. The Bertz CT molecular complexity index is 336. The van der Waals surface area contributed by atoms with Crippen molar-refractivity contribution in [3.05, 3.63) is 34.3 Å². The Morgan fingerprint density at radius 3 is 2.21 bits per heavy atom. The second kappa shape index (κ2) is 4.77. The van der Waals surface area contributed by atoms with Gasteiger partial charge in [0.05, 0.1) is 0 Å². The maximum atomic E-state index is 11.0. The predicted molar refractivity (Wildman–Crippen MR) is 66.2 cm³/mol. The summed E-state index contributed by atoms with van der Waals surface area (Å²) in [6.07, 6.45) is 0. The third-order valence-electron chi connectivity index (χ3n) is 1.82. The molecule has 0 aromatic heterocycles. The first-order valence-electron chi connectivity index (χ1n) is 3.75. The van der Waals surface area contributed by atoms with E-state index in [1.807, 2.05) is 12.1 Å². The molecule has 1 aromatic carbocycles. The summed E-state index contributed by atoms with van der Waals surface area (Å²) in [4.78, 5) is 11.0. The van der Waals surface area contributed by atoms with Gasteiger partial charge in [0.1, 0.15) is 0 Å². The highest BCUT2D eigenvalue weighted by molar-refractivity contribution is 9.12. The van der Waals surface area contributed by atoms with Crippen LogP contribution < -0.4 is 0 Å². The molecule has 0 unspecified atom stereocenters. The largest absolute Gasteiger partial charge is 0.480 e. The number of hydrogen-bond acceptors (Lipinski definition) is 1. The quantitative estimate of drug-likeness (QED) is 0.807. The lowest BCUT2D eigenvalue weighted by Gasteiger charge is -2.20. The minimum Gasteiger partial charge on any atom is -0.480 e. The third-order valence-corrected chi connectivity index (χ3v) is 5.02. The van der Waals surface area contributed by atoms with Crippen LogP contribution in [-0.2, 0) is 9.12 Å². The second-order valence-electron chi connectivity index (χ2n) is 2.75. The molecular formula is C9H7Br3O2. The fraction of sp³-hybridized carbons (Fsp3) is 0.222. The van der Waals surface area contributed by atoms with E-state index in [9.17, 15) is 4.79 Å². The van der Waals surface area contributed by atoms with Crippen LogP contribution in [0.1, 0.15) is 5.56 Å². The fourth-order valence-electron chi connectivity index (χ4n) is 0.972. The van der Waals surface area contributed by atoms with Crippen LogP contribution in [0.5, 0.6) is 0 Å². The predicted octanol–water partition coefficient (Wildman–Crippen LogP) is 3.52. The van der Waals surface area contributed by atoms with E-state index in [4.69, 9.17) is 5.11 Å². The lowest BCUT2D eigenvalue weighted by atomic mass is 10.0. The van der Waals surface area contributed by atoms with Gasteiger partial charge in [0.2, 0.25) is 0 Å². The Balaban J connectivity index is 3.13. The molecule has 76 valence electrons. The number of aliphatic carboxylic acids is 1. The van der Waals surface area contributed by atoms with Crippen LogP contribution in [0.25, 0.3) is 0 Å². The van der Waals surface area contributed by atoms with Crippen LogP contribution >= 0.6 is 47.8 Å². The van der Waals surface area contributed by atoms with Crippen molar-refractivity contribution in [2.75, 3.05) is 5.33 Å². The average Bonchev–Trinajstić information content (AvgIpc) is 2.17. The molecule has 0 spiro atoms. The van der Waals surface area contributed by atoms with Gasteiger partial charge in [0, 0.05) is 9.80 Å². The molecule has 0 saturated heterocycles. The van der Waals surface area contributed by atoms with Crippen molar-refractivity contribution in [2.24, 2.45) is 0 Å². The SMILES string of the molecule is O=C(O)[C@@](Br)(CBr)c1ccc(Br)cc1. The van der Waals surface area contributed by atoms with Gasteiger partial charge in [-0.2, -0.15) is 0 Å². The van der Waals surface area contributed by atoms with Gasteiger partial charge in [0.15, 0.2) is 4.32 Å². The molecule has 0 aliphatic heterocycles. The Morgan fingerprint density at radius 2 is 1.86 bits per heavy atom. The summed E-state index contributed by atoms with van der Waals surface area (Å²) in [5.41, 5.74) is 0.713. The number of carboxylic acids is 1. The third kappa shape index (κ3) is 2.38. The van der Waals surface area contributed by atoms with E-state index in [1.54, 1.807) is 12.1 Å². The smallest absolute Gasteiger partial charge is 0.325 e. The van der Waals surface area contributed by atoms with Gasteiger partial charge >= 0.3 is 5.97 Å².